The molecule has 2 aromatic carbocycles. The van der Waals surface area contributed by atoms with Gasteiger partial charge in [-0.1, -0.05) is 55.5 Å². The third kappa shape index (κ3) is 6.22. The number of carbonyl (C=O) groups is 2. The van der Waals surface area contributed by atoms with Crippen molar-refractivity contribution >= 4 is 11.8 Å². The Bertz CT molecular complexity index is 786. The van der Waals surface area contributed by atoms with Gasteiger partial charge in [0.1, 0.15) is 6.04 Å². The van der Waals surface area contributed by atoms with Crippen molar-refractivity contribution in [1.29, 1.82) is 0 Å². The maximum atomic E-state index is 13.1. The zero-order valence-corrected chi connectivity index (χ0v) is 17.5. The number of nitrogens with zero attached hydrogens (tertiary/aromatic N) is 1. The molecule has 0 aliphatic heterocycles. The zero-order chi connectivity index (χ0) is 20.5. The molecule has 0 aliphatic carbocycles. The van der Waals surface area contributed by atoms with Gasteiger partial charge in [-0.3, -0.25) is 9.59 Å². The van der Waals surface area contributed by atoms with Crippen molar-refractivity contribution < 1.29 is 9.59 Å². The van der Waals surface area contributed by atoms with Gasteiger partial charge >= 0.3 is 0 Å². The van der Waals surface area contributed by atoms with Gasteiger partial charge in [0.2, 0.25) is 11.8 Å². The molecule has 0 bridgehead atoms. The first-order chi connectivity index (χ1) is 13.4. The van der Waals surface area contributed by atoms with E-state index in [4.69, 9.17) is 0 Å². The van der Waals surface area contributed by atoms with E-state index in [2.05, 4.69) is 25.2 Å². The summed E-state index contributed by atoms with van der Waals surface area (Å²) >= 11 is 0. The summed E-state index contributed by atoms with van der Waals surface area (Å²) in [5.74, 6) is -0.110. The van der Waals surface area contributed by atoms with Crippen LogP contribution < -0.4 is 5.32 Å². The van der Waals surface area contributed by atoms with E-state index in [0.29, 0.717) is 19.5 Å². The van der Waals surface area contributed by atoms with Gasteiger partial charge in [0, 0.05) is 13.1 Å². The Morgan fingerprint density at radius 3 is 2.36 bits per heavy atom. The van der Waals surface area contributed by atoms with Crippen molar-refractivity contribution in [3.05, 3.63) is 70.8 Å². The van der Waals surface area contributed by atoms with Gasteiger partial charge in [0.15, 0.2) is 0 Å². The number of amides is 2. The van der Waals surface area contributed by atoms with Crippen LogP contribution in [0.2, 0.25) is 0 Å². The molecular formula is C24H32N2O2. The van der Waals surface area contributed by atoms with Crippen LogP contribution in [-0.4, -0.2) is 35.8 Å². The van der Waals surface area contributed by atoms with Gasteiger partial charge in [-0.2, -0.15) is 0 Å². The van der Waals surface area contributed by atoms with Crippen molar-refractivity contribution in [1.82, 2.24) is 10.2 Å². The maximum absolute atomic E-state index is 13.1. The Morgan fingerprint density at radius 1 is 1.00 bits per heavy atom. The monoisotopic (exact) mass is 380 g/mol. The first-order valence-electron chi connectivity index (χ1n) is 10.1. The summed E-state index contributed by atoms with van der Waals surface area (Å²) in [5.41, 5.74) is 4.53. The van der Waals surface area contributed by atoms with Crippen molar-refractivity contribution in [3.8, 4) is 0 Å². The summed E-state index contributed by atoms with van der Waals surface area (Å²) in [6, 6.07) is 15.7. The van der Waals surface area contributed by atoms with E-state index < -0.39 is 6.04 Å². The standard InChI is InChI=1S/C24H32N2O2/c1-5-14-25-24(28)20(4)26(15-13-21-9-7-6-8-10-21)23(27)17-22-12-11-18(2)19(3)16-22/h6-12,16,20H,5,13-15,17H2,1-4H3,(H,25,28)/t20-/m1/s1. The molecule has 1 N–H and O–H groups in total. The fraction of sp³-hybridized carbons (Fsp3) is 0.417. The summed E-state index contributed by atoms with van der Waals surface area (Å²) in [6.45, 7) is 9.09. The Hall–Kier alpha value is -2.62. The normalized spacial score (nSPS) is 11.7. The molecular weight excluding hydrogens is 348 g/mol. The van der Waals surface area contributed by atoms with Crippen LogP contribution in [0.5, 0.6) is 0 Å². The first-order valence-corrected chi connectivity index (χ1v) is 10.1. The minimum absolute atomic E-state index is 0.0154. The van der Waals surface area contributed by atoms with E-state index in [1.54, 1.807) is 4.90 Å². The van der Waals surface area contributed by atoms with Gasteiger partial charge in [0.05, 0.1) is 6.42 Å². The molecule has 0 fully saturated rings. The minimum atomic E-state index is -0.491. The summed E-state index contributed by atoms with van der Waals surface area (Å²) in [6.07, 6.45) is 1.91. The average molecular weight is 381 g/mol. The number of benzene rings is 2. The molecule has 4 nitrogen and oxygen atoms in total. The molecule has 0 heterocycles. The Balaban J connectivity index is 2.13. The molecule has 2 rings (SSSR count). The fourth-order valence-corrected chi connectivity index (χ4v) is 3.16. The van der Waals surface area contributed by atoms with Gasteiger partial charge in [-0.05, 0) is 55.9 Å². The lowest BCUT2D eigenvalue weighted by Gasteiger charge is -2.29. The average Bonchev–Trinajstić information content (AvgIpc) is 2.69. The van der Waals surface area contributed by atoms with Crippen LogP contribution in [0, 0.1) is 13.8 Å². The third-order valence-corrected chi connectivity index (χ3v) is 5.13. The third-order valence-electron chi connectivity index (χ3n) is 5.13. The zero-order valence-electron chi connectivity index (χ0n) is 17.5. The summed E-state index contributed by atoms with van der Waals surface area (Å²) in [4.78, 5) is 27.3. The highest BCUT2D eigenvalue weighted by Crippen LogP contribution is 2.13. The Morgan fingerprint density at radius 2 is 1.71 bits per heavy atom. The molecule has 0 saturated heterocycles. The van der Waals surface area contributed by atoms with Crippen molar-refractivity contribution in [2.24, 2.45) is 0 Å². The van der Waals surface area contributed by atoms with Crippen LogP contribution >= 0.6 is 0 Å². The second kappa shape index (κ2) is 10.6. The Kier molecular flexibility index (Phi) is 8.24. The topological polar surface area (TPSA) is 49.4 Å². The van der Waals surface area contributed by atoms with E-state index in [-0.39, 0.29) is 11.8 Å². The molecule has 0 saturated carbocycles. The molecule has 0 aromatic heterocycles. The molecule has 150 valence electrons. The highest BCUT2D eigenvalue weighted by molar-refractivity contribution is 5.88. The van der Waals surface area contributed by atoms with E-state index in [1.807, 2.05) is 56.3 Å². The molecule has 0 spiro atoms. The minimum Gasteiger partial charge on any atom is -0.354 e. The lowest BCUT2D eigenvalue weighted by Crippen LogP contribution is -2.49. The lowest BCUT2D eigenvalue weighted by atomic mass is 10.0. The second-order valence-electron chi connectivity index (χ2n) is 7.39. The number of nitrogens with one attached hydrogen (secondary N) is 1. The lowest BCUT2D eigenvalue weighted by molar-refractivity contribution is -0.139. The summed E-state index contributed by atoms with van der Waals surface area (Å²) < 4.78 is 0. The molecule has 0 unspecified atom stereocenters. The van der Waals surface area contributed by atoms with E-state index in [9.17, 15) is 9.59 Å². The predicted octanol–water partition coefficient (Wildman–Crippen LogP) is 3.83. The van der Waals surface area contributed by atoms with E-state index >= 15 is 0 Å². The van der Waals surface area contributed by atoms with Crippen LogP contribution in [0.1, 0.15) is 42.5 Å². The largest absolute Gasteiger partial charge is 0.354 e. The van der Waals surface area contributed by atoms with Crippen molar-refractivity contribution in [3.63, 3.8) is 0 Å². The number of hydrogen-bond acceptors (Lipinski definition) is 2. The molecule has 28 heavy (non-hydrogen) atoms. The second-order valence-corrected chi connectivity index (χ2v) is 7.39. The maximum Gasteiger partial charge on any atom is 0.242 e. The van der Waals surface area contributed by atoms with Crippen molar-refractivity contribution in [2.75, 3.05) is 13.1 Å². The van der Waals surface area contributed by atoms with Gasteiger partial charge < -0.3 is 10.2 Å². The number of carbonyl (C=O) groups excluding carboxylic acids is 2. The van der Waals surface area contributed by atoms with Crippen LogP contribution in [0.3, 0.4) is 0 Å². The van der Waals surface area contributed by atoms with Crippen LogP contribution in [-0.2, 0) is 22.4 Å². The number of rotatable bonds is 9. The molecule has 0 aliphatic rings. The highest BCUT2D eigenvalue weighted by Gasteiger charge is 2.25. The quantitative estimate of drug-likeness (QED) is 0.719. The van der Waals surface area contributed by atoms with Crippen LogP contribution in [0.15, 0.2) is 48.5 Å². The molecule has 4 heteroatoms. The van der Waals surface area contributed by atoms with Crippen LogP contribution in [0.25, 0.3) is 0 Å². The smallest absolute Gasteiger partial charge is 0.242 e. The molecule has 2 aromatic rings. The SMILES string of the molecule is CCCNC(=O)[C@@H](C)N(CCc1ccccc1)C(=O)Cc1ccc(C)c(C)c1. The highest BCUT2D eigenvalue weighted by atomic mass is 16.2. The molecule has 0 radical (unpaired) electrons. The first kappa shape index (κ1) is 21.7. The molecule has 1 atom stereocenters. The van der Waals surface area contributed by atoms with E-state index in [1.165, 1.54) is 11.1 Å². The predicted molar refractivity (Wildman–Crippen MR) is 114 cm³/mol. The van der Waals surface area contributed by atoms with Gasteiger partial charge in [-0.25, -0.2) is 0 Å². The Labute approximate surface area is 169 Å². The van der Waals surface area contributed by atoms with Gasteiger partial charge in [-0.15, -0.1) is 0 Å². The van der Waals surface area contributed by atoms with Gasteiger partial charge in [0.25, 0.3) is 0 Å². The number of aryl methyl sites for hydroxylation is 2. The van der Waals surface area contributed by atoms with Crippen LogP contribution in [0.4, 0.5) is 0 Å². The molecule has 2 amide bonds. The fourth-order valence-electron chi connectivity index (χ4n) is 3.16. The van der Waals surface area contributed by atoms with Crippen molar-refractivity contribution in [2.45, 2.75) is 53.0 Å². The number of hydrogen-bond donors (Lipinski definition) is 1. The summed E-state index contributed by atoms with van der Waals surface area (Å²) in [7, 11) is 0. The summed E-state index contributed by atoms with van der Waals surface area (Å²) in [5, 5.41) is 2.91. The van der Waals surface area contributed by atoms with E-state index in [0.717, 1.165) is 24.0 Å².